The molecule has 74 valence electrons. The van der Waals surface area contributed by atoms with Gasteiger partial charge < -0.3 is 15.3 Å². The summed E-state index contributed by atoms with van der Waals surface area (Å²) in [5.74, 6) is 0. The molecule has 0 aromatic carbocycles. The van der Waals surface area contributed by atoms with Gasteiger partial charge in [0.2, 0.25) is 0 Å². The lowest BCUT2D eigenvalue weighted by Gasteiger charge is -2.36. The number of β-amino-alcohol motifs (C(OH)–C–C–N with tert-alkyl or cyclic N) is 1. The van der Waals surface area contributed by atoms with Gasteiger partial charge in [0, 0.05) is 6.04 Å². The summed E-state index contributed by atoms with van der Waals surface area (Å²) in [6, 6.07) is 0.377. The molecule has 2 amide bonds. The van der Waals surface area contributed by atoms with Crippen LogP contribution in [-0.2, 0) is 0 Å². The minimum atomic E-state index is -0.297. The molecule has 0 bridgehead atoms. The molecule has 0 spiro atoms. The third kappa shape index (κ3) is 1.94. The summed E-state index contributed by atoms with van der Waals surface area (Å²) < 4.78 is 0. The molecule has 1 saturated carbocycles. The smallest absolute Gasteiger partial charge is 0.317 e. The molecule has 0 aromatic rings. The molecule has 1 saturated heterocycles. The molecule has 4 heteroatoms. The molecule has 0 unspecified atom stereocenters. The lowest BCUT2D eigenvalue weighted by molar-refractivity contribution is 0.0258. The molecule has 2 N–H and O–H groups in total. The standard InChI is InChI=1S/C9H16N2O2/c12-8-5-11(6-8)9(13)10-7-3-1-2-4-7/h7-8,12H,1-6H2,(H,10,13). The topological polar surface area (TPSA) is 52.6 Å². The fraction of sp³-hybridized carbons (Fsp3) is 0.889. The molecule has 0 atom stereocenters. The molecule has 13 heavy (non-hydrogen) atoms. The molecule has 2 aliphatic rings. The van der Waals surface area contributed by atoms with Crippen LogP contribution >= 0.6 is 0 Å². The van der Waals surface area contributed by atoms with Crippen LogP contribution in [-0.4, -0.2) is 41.3 Å². The molecule has 0 aromatic heterocycles. The van der Waals surface area contributed by atoms with Crippen LogP contribution in [0.2, 0.25) is 0 Å². The van der Waals surface area contributed by atoms with E-state index in [0.29, 0.717) is 19.1 Å². The van der Waals surface area contributed by atoms with Crippen LogP contribution in [0.4, 0.5) is 4.79 Å². The summed E-state index contributed by atoms with van der Waals surface area (Å²) in [5.41, 5.74) is 0. The number of nitrogens with one attached hydrogen (secondary N) is 1. The van der Waals surface area contributed by atoms with Gasteiger partial charge >= 0.3 is 6.03 Å². The summed E-state index contributed by atoms with van der Waals surface area (Å²) in [6.45, 7) is 0.997. The van der Waals surface area contributed by atoms with Crippen molar-refractivity contribution >= 4 is 6.03 Å². The minimum Gasteiger partial charge on any atom is -0.389 e. The predicted molar refractivity (Wildman–Crippen MR) is 48.4 cm³/mol. The quantitative estimate of drug-likeness (QED) is 0.616. The second-order valence-corrected chi connectivity index (χ2v) is 3.99. The number of aliphatic hydroxyl groups is 1. The van der Waals surface area contributed by atoms with Gasteiger partial charge in [0.15, 0.2) is 0 Å². The van der Waals surface area contributed by atoms with Gasteiger partial charge in [-0.2, -0.15) is 0 Å². The number of rotatable bonds is 1. The molecular formula is C9H16N2O2. The Morgan fingerprint density at radius 1 is 1.31 bits per heavy atom. The fourth-order valence-corrected chi connectivity index (χ4v) is 1.96. The van der Waals surface area contributed by atoms with E-state index in [2.05, 4.69) is 5.32 Å². The maximum atomic E-state index is 11.4. The van der Waals surface area contributed by atoms with Crippen molar-refractivity contribution in [2.75, 3.05) is 13.1 Å². The van der Waals surface area contributed by atoms with Crippen molar-refractivity contribution < 1.29 is 9.90 Å². The van der Waals surface area contributed by atoms with Gasteiger partial charge in [0.1, 0.15) is 0 Å². The lowest BCUT2D eigenvalue weighted by Crippen LogP contribution is -2.57. The second kappa shape index (κ2) is 3.54. The Hall–Kier alpha value is -0.770. The molecule has 1 aliphatic carbocycles. The van der Waals surface area contributed by atoms with E-state index in [1.165, 1.54) is 12.8 Å². The number of nitrogens with zero attached hydrogens (tertiary/aromatic N) is 1. The molecule has 1 heterocycles. The third-order valence-corrected chi connectivity index (χ3v) is 2.83. The molecule has 0 radical (unpaired) electrons. The van der Waals surface area contributed by atoms with Crippen molar-refractivity contribution in [2.45, 2.75) is 37.8 Å². The van der Waals surface area contributed by atoms with Crippen molar-refractivity contribution in [2.24, 2.45) is 0 Å². The Kier molecular flexibility index (Phi) is 2.40. The first-order valence-electron chi connectivity index (χ1n) is 4.99. The monoisotopic (exact) mass is 184 g/mol. The number of carbonyl (C=O) groups is 1. The minimum absolute atomic E-state index is 0.00259. The maximum absolute atomic E-state index is 11.4. The van der Waals surface area contributed by atoms with Crippen LogP contribution in [0.25, 0.3) is 0 Å². The molecule has 2 rings (SSSR count). The summed E-state index contributed by atoms with van der Waals surface area (Å²) in [6.07, 6.45) is 4.39. The maximum Gasteiger partial charge on any atom is 0.317 e. The van der Waals surface area contributed by atoms with Crippen molar-refractivity contribution in [3.05, 3.63) is 0 Å². The summed E-state index contributed by atoms with van der Waals surface area (Å²) in [5, 5.41) is 12.0. The Morgan fingerprint density at radius 2 is 1.92 bits per heavy atom. The molecular weight excluding hydrogens is 168 g/mol. The van der Waals surface area contributed by atoms with E-state index in [4.69, 9.17) is 5.11 Å². The highest BCUT2D eigenvalue weighted by molar-refractivity contribution is 5.75. The van der Waals surface area contributed by atoms with Crippen molar-refractivity contribution in [1.82, 2.24) is 10.2 Å². The largest absolute Gasteiger partial charge is 0.389 e. The number of hydrogen-bond acceptors (Lipinski definition) is 2. The van der Waals surface area contributed by atoms with Crippen LogP contribution in [0.1, 0.15) is 25.7 Å². The number of carbonyl (C=O) groups excluding carboxylic acids is 1. The van der Waals surface area contributed by atoms with E-state index in [-0.39, 0.29) is 12.1 Å². The average Bonchev–Trinajstić information content (AvgIpc) is 2.51. The normalized spacial score (nSPS) is 24.5. The summed E-state index contributed by atoms with van der Waals surface area (Å²) >= 11 is 0. The fourth-order valence-electron chi connectivity index (χ4n) is 1.96. The van der Waals surface area contributed by atoms with E-state index in [9.17, 15) is 4.79 Å². The Bertz CT molecular complexity index is 196. The Morgan fingerprint density at radius 3 is 2.46 bits per heavy atom. The van der Waals surface area contributed by atoms with E-state index in [1.807, 2.05) is 0 Å². The Labute approximate surface area is 77.9 Å². The van der Waals surface area contributed by atoms with Crippen molar-refractivity contribution in [1.29, 1.82) is 0 Å². The van der Waals surface area contributed by atoms with Gasteiger partial charge in [-0.15, -0.1) is 0 Å². The van der Waals surface area contributed by atoms with Gasteiger partial charge in [-0.3, -0.25) is 0 Å². The highest BCUT2D eigenvalue weighted by Crippen LogP contribution is 2.18. The van der Waals surface area contributed by atoms with Crippen LogP contribution in [0.15, 0.2) is 0 Å². The van der Waals surface area contributed by atoms with Gasteiger partial charge in [0.05, 0.1) is 19.2 Å². The van der Waals surface area contributed by atoms with Crippen molar-refractivity contribution in [3.8, 4) is 0 Å². The van der Waals surface area contributed by atoms with Gasteiger partial charge in [-0.25, -0.2) is 4.79 Å². The third-order valence-electron chi connectivity index (χ3n) is 2.83. The lowest BCUT2D eigenvalue weighted by atomic mass is 10.2. The van der Waals surface area contributed by atoms with Gasteiger partial charge in [0.25, 0.3) is 0 Å². The summed E-state index contributed by atoms with van der Waals surface area (Å²) in [4.78, 5) is 13.1. The number of likely N-dealkylation sites (tertiary alicyclic amines) is 1. The van der Waals surface area contributed by atoms with Crippen LogP contribution in [0.5, 0.6) is 0 Å². The van der Waals surface area contributed by atoms with Crippen LogP contribution in [0.3, 0.4) is 0 Å². The van der Waals surface area contributed by atoms with Crippen LogP contribution in [0, 0.1) is 0 Å². The SMILES string of the molecule is O=C(NC1CCCC1)N1CC(O)C1. The van der Waals surface area contributed by atoms with Crippen molar-refractivity contribution in [3.63, 3.8) is 0 Å². The zero-order valence-corrected chi connectivity index (χ0v) is 7.70. The van der Waals surface area contributed by atoms with Crippen LogP contribution < -0.4 is 5.32 Å². The molecule has 2 fully saturated rings. The number of aliphatic hydroxyl groups excluding tert-OH is 1. The van der Waals surface area contributed by atoms with E-state index in [0.717, 1.165) is 12.8 Å². The average molecular weight is 184 g/mol. The molecule has 4 nitrogen and oxygen atoms in total. The predicted octanol–water partition coefficient (Wildman–Crippen LogP) is 0.315. The highest BCUT2D eigenvalue weighted by atomic mass is 16.3. The van der Waals surface area contributed by atoms with E-state index < -0.39 is 0 Å². The highest BCUT2D eigenvalue weighted by Gasteiger charge is 2.30. The first-order valence-corrected chi connectivity index (χ1v) is 4.99. The van der Waals surface area contributed by atoms with Gasteiger partial charge in [-0.05, 0) is 12.8 Å². The van der Waals surface area contributed by atoms with Gasteiger partial charge in [-0.1, -0.05) is 12.8 Å². The first kappa shape index (κ1) is 8.81. The zero-order valence-electron chi connectivity index (χ0n) is 7.70. The molecule has 1 aliphatic heterocycles. The van der Waals surface area contributed by atoms with E-state index >= 15 is 0 Å². The first-order chi connectivity index (χ1) is 6.25. The number of hydrogen-bond donors (Lipinski definition) is 2. The second-order valence-electron chi connectivity index (χ2n) is 3.99. The number of amides is 2. The van der Waals surface area contributed by atoms with E-state index in [1.54, 1.807) is 4.90 Å². The zero-order chi connectivity index (χ0) is 9.26. The number of urea groups is 1. The summed E-state index contributed by atoms with van der Waals surface area (Å²) in [7, 11) is 0. The Balaban J connectivity index is 1.72.